The van der Waals surface area contributed by atoms with Gasteiger partial charge in [0, 0.05) is 5.92 Å². The molecule has 0 radical (unpaired) electrons. The van der Waals surface area contributed by atoms with Crippen molar-refractivity contribution in [1.29, 1.82) is 10.5 Å². The van der Waals surface area contributed by atoms with Crippen LogP contribution < -0.4 is 5.32 Å². The van der Waals surface area contributed by atoms with Crippen LogP contribution in [0.1, 0.15) is 17.0 Å². The highest BCUT2D eigenvalue weighted by Crippen LogP contribution is 2.38. The van der Waals surface area contributed by atoms with Gasteiger partial charge in [0.2, 0.25) is 11.8 Å². The van der Waals surface area contributed by atoms with Gasteiger partial charge in [0.05, 0.1) is 17.7 Å². The molecule has 0 saturated carbocycles. The minimum absolute atomic E-state index is 0.0453. The minimum atomic E-state index is -4.61. The Bertz CT molecular complexity index is 683. The molecule has 1 aromatic carbocycles. The quantitative estimate of drug-likeness (QED) is 0.799. The summed E-state index contributed by atoms with van der Waals surface area (Å²) in [7, 11) is 0. The Morgan fingerprint density at radius 3 is 2.05 bits per heavy atom. The van der Waals surface area contributed by atoms with E-state index in [1.807, 2.05) is 5.32 Å². The molecule has 1 N–H and O–H groups in total. The number of carbonyl (C=O) groups is 2. The summed E-state index contributed by atoms with van der Waals surface area (Å²) in [5, 5.41) is 20.0. The maximum absolute atomic E-state index is 12.8. The third-order valence-corrected chi connectivity index (χ3v) is 3.41. The first-order valence-corrected chi connectivity index (χ1v) is 6.10. The Kier molecular flexibility index (Phi) is 3.87. The molecule has 2 amide bonds. The number of benzene rings is 1. The summed E-state index contributed by atoms with van der Waals surface area (Å²) in [5.74, 6) is -5.89. The number of carbonyl (C=O) groups excluding carboxylic acids is 2. The van der Waals surface area contributed by atoms with Gasteiger partial charge in [-0.05, 0) is 11.6 Å². The molecule has 0 aliphatic carbocycles. The summed E-state index contributed by atoms with van der Waals surface area (Å²) in [6.07, 6.45) is -4.61. The summed E-state index contributed by atoms with van der Waals surface area (Å²) < 4.78 is 38.3. The maximum atomic E-state index is 12.8. The largest absolute Gasteiger partial charge is 0.416 e. The average Bonchev–Trinajstić information content (AvgIpc) is 2.46. The number of halogens is 3. The van der Waals surface area contributed by atoms with Gasteiger partial charge < -0.3 is 0 Å². The van der Waals surface area contributed by atoms with Gasteiger partial charge in [-0.1, -0.05) is 18.2 Å². The van der Waals surface area contributed by atoms with Crippen LogP contribution in [0.5, 0.6) is 0 Å². The first-order valence-electron chi connectivity index (χ1n) is 6.10. The van der Waals surface area contributed by atoms with Crippen LogP contribution in [0.3, 0.4) is 0 Å². The summed E-state index contributed by atoms with van der Waals surface area (Å²) in [6.45, 7) is 0. The molecule has 2 rings (SSSR count). The van der Waals surface area contributed by atoms with E-state index in [9.17, 15) is 22.8 Å². The molecular weight excluding hydrogens is 299 g/mol. The molecule has 0 bridgehead atoms. The van der Waals surface area contributed by atoms with E-state index in [4.69, 9.17) is 10.5 Å². The van der Waals surface area contributed by atoms with E-state index in [2.05, 4.69) is 0 Å². The number of hydrogen-bond acceptors (Lipinski definition) is 4. The number of nitrogens with zero attached hydrogens (tertiary/aromatic N) is 2. The molecule has 0 aromatic heterocycles. The Labute approximate surface area is 122 Å². The summed E-state index contributed by atoms with van der Waals surface area (Å²) in [5.41, 5.74) is -1.02. The van der Waals surface area contributed by atoms with E-state index in [0.717, 1.165) is 18.2 Å². The lowest BCUT2D eigenvalue weighted by Crippen LogP contribution is -2.49. The van der Waals surface area contributed by atoms with E-state index < -0.39 is 41.3 Å². The van der Waals surface area contributed by atoms with Gasteiger partial charge in [-0.15, -0.1) is 0 Å². The van der Waals surface area contributed by atoms with Crippen LogP contribution >= 0.6 is 0 Å². The second-order valence-corrected chi connectivity index (χ2v) is 4.72. The Hall–Kier alpha value is -2.87. The molecule has 1 heterocycles. The predicted molar refractivity (Wildman–Crippen MR) is 65.5 cm³/mol. The monoisotopic (exact) mass is 307 g/mol. The van der Waals surface area contributed by atoms with Gasteiger partial charge in [-0.2, -0.15) is 23.7 Å². The van der Waals surface area contributed by atoms with E-state index >= 15 is 0 Å². The zero-order valence-corrected chi connectivity index (χ0v) is 10.9. The Balaban J connectivity index is 2.56. The Morgan fingerprint density at radius 2 is 1.59 bits per heavy atom. The average molecular weight is 307 g/mol. The van der Waals surface area contributed by atoms with Crippen molar-refractivity contribution in [2.45, 2.75) is 12.1 Å². The Morgan fingerprint density at radius 1 is 1.05 bits per heavy atom. The molecule has 1 aliphatic heterocycles. The van der Waals surface area contributed by atoms with Crippen LogP contribution in [0.4, 0.5) is 13.2 Å². The fraction of sp³-hybridized carbons (Fsp3) is 0.286. The van der Waals surface area contributed by atoms with Crippen LogP contribution in [0.15, 0.2) is 24.3 Å². The highest BCUT2D eigenvalue weighted by atomic mass is 19.4. The molecule has 1 fully saturated rings. The number of hydrogen-bond donors (Lipinski definition) is 1. The maximum Gasteiger partial charge on any atom is 0.416 e. The normalized spacial score (nSPS) is 25.0. The van der Waals surface area contributed by atoms with Crippen molar-refractivity contribution >= 4 is 11.8 Å². The van der Waals surface area contributed by atoms with Crippen molar-refractivity contribution < 1.29 is 22.8 Å². The fourth-order valence-corrected chi connectivity index (χ4v) is 2.38. The predicted octanol–water partition coefficient (Wildman–Crippen LogP) is 1.72. The molecule has 2 atom stereocenters. The number of nitrogens with one attached hydrogen (secondary N) is 1. The molecule has 2 unspecified atom stereocenters. The van der Waals surface area contributed by atoms with Gasteiger partial charge >= 0.3 is 6.18 Å². The van der Waals surface area contributed by atoms with Crippen LogP contribution in [0, 0.1) is 34.5 Å². The van der Waals surface area contributed by atoms with Crippen molar-refractivity contribution in [3.8, 4) is 12.1 Å². The highest BCUT2D eigenvalue weighted by Gasteiger charge is 2.45. The first kappa shape index (κ1) is 15.5. The smallest absolute Gasteiger partial charge is 0.294 e. The number of amides is 2. The van der Waals surface area contributed by atoms with Crippen LogP contribution in [0.2, 0.25) is 0 Å². The van der Waals surface area contributed by atoms with Crippen molar-refractivity contribution in [3.05, 3.63) is 35.4 Å². The summed E-state index contributed by atoms with van der Waals surface area (Å²) >= 11 is 0. The molecule has 22 heavy (non-hydrogen) atoms. The SMILES string of the molecule is N#CC1C(=O)NC(=O)C(C#N)C1c1cccc(C(F)(F)F)c1. The van der Waals surface area contributed by atoms with Gasteiger partial charge in [0.1, 0.15) is 11.8 Å². The van der Waals surface area contributed by atoms with Crippen LogP contribution in [-0.4, -0.2) is 11.8 Å². The van der Waals surface area contributed by atoms with Gasteiger partial charge in [-0.25, -0.2) is 0 Å². The zero-order valence-electron chi connectivity index (χ0n) is 10.9. The van der Waals surface area contributed by atoms with E-state index in [1.165, 1.54) is 6.07 Å². The number of alkyl halides is 3. The third-order valence-electron chi connectivity index (χ3n) is 3.41. The second-order valence-electron chi connectivity index (χ2n) is 4.72. The fourth-order valence-electron chi connectivity index (χ4n) is 2.38. The van der Waals surface area contributed by atoms with Crippen molar-refractivity contribution in [1.82, 2.24) is 5.32 Å². The molecule has 0 spiro atoms. The van der Waals surface area contributed by atoms with Gasteiger partial charge in [0.25, 0.3) is 0 Å². The third kappa shape index (κ3) is 2.63. The van der Waals surface area contributed by atoms with Crippen molar-refractivity contribution in [2.75, 3.05) is 0 Å². The number of piperidine rings is 1. The lowest BCUT2D eigenvalue weighted by Gasteiger charge is -2.30. The molecule has 8 heteroatoms. The number of nitriles is 2. The molecule has 112 valence electrons. The highest BCUT2D eigenvalue weighted by molar-refractivity contribution is 6.03. The number of rotatable bonds is 1. The van der Waals surface area contributed by atoms with Gasteiger partial charge in [-0.3, -0.25) is 14.9 Å². The zero-order chi connectivity index (χ0) is 16.5. The topological polar surface area (TPSA) is 93.8 Å². The van der Waals surface area contributed by atoms with Crippen LogP contribution in [0.25, 0.3) is 0 Å². The summed E-state index contributed by atoms with van der Waals surface area (Å²) in [6, 6.07) is 7.26. The van der Waals surface area contributed by atoms with Gasteiger partial charge in [0.15, 0.2) is 0 Å². The second kappa shape index (κ2) is 5.49. The van der Waals surface area contributed by atoms with E-state index in [-0.39, 0.29) is 5.56 Å². The van der Waals surface area contributed by atoms with Crippen molar-refractivity contribution in [2.24, 2.45) is 11.8 Å². The molecular formula is C14H8F3N3O2. The van der Waals surface area contributed by atoms with Crippen LogP contribution in [-0.2, 0) is 15.8 Å². The van der Waals surface area contributed by atoms with E-state index in [0.29, 0.717) is 0 Å². The molecule has 1 saturated heterocycles. The lowest BCUT2D eigenvalue weighted by atomic mass is 9.74. The molecule has 1 aliphatic rings. The minimum Gasteiger partial charge on any atom is -0.294 e. The standard InChI is InChI=1S/C14H8F3N3O2/c15-14(16,17)8-3-1-2-7(4-8)11-9(5-18)12(21)20-13(22)10(11)6-19/h1-4,9-11H,(H,20,21,22). The summed E-state index contributed by atoms with van der Waals surface area (Å²) in [4.78, 5) is 23.4. The number of imide groups is 1. The lowest BCUT2D eigenvalue weighted by molar-refractivity contribution is -0.138. The first-order chi connectivity index (χ1) is 10.3. The van der Waals surface area contributed by atoms with E-state index in [1.54, 1.807) is 12.1 Å². The molecule has 5 nitrogen and oxygen atoms in total. The molecule has 1 aromatic rings. The van der Waals surface area contributed by atoms with Crippen molar-refractivity contribution in [3.63, 3.8) is 0 Å².